The van der Waals surface area contributed by atoms with E-state index in [0.717, 1.165) is 22.2 Å². The molecule has 11 heteroatoms. The Labute approximate surface area is 283 Å². The number of benzene rings is 3. The van der Waals surface area contributed by atoms with E-state index < -0.39 is 23.1 Å². The van der Waals surface area contributed by atoms with Crippen LogP contribution in [0.15, 0.2) is 67.0 Å². The summed E-state index contributed by atoms with van der Waals surface area (Å²) < 4.78 is 47.9. The third-order valence-electron chi connectivity index (χ3n) is 9.22. The Hall–Kier alpha value is -5.19. The lowest BCUT2D eigenvalue weighted by Gasteiger charge is -2.30. The van der Waals surface area contributed by atoms with Crippen LogP contribution in [0.5, 0.6) is 11.5 Å². The maximum absolute atomic E-state index is 15.6. The van der Waals surface area contributed by atoms with Crippen molar-refractivity contribution in [2.24, 2.45) is 0 Å². The number of nitrogens with zero attached hydrogens (tertiary/aromatic N) is 2. The number of rotatable bonds is 5. The molecule has 1 aliphatic rings. The summed E-state index contributed by atoms with van der Waals surface area (Å²) in [7, 11) is 1.68. The van der Waals surface area contributed by atoms with Crippen molar-refractivity contribution >= 4 is 23.0 Å². The van der Waals surface area contributed by atoms with Crippen LogP contribution in [-0.4, -0.2) is 58.7 Å². The van der Waals surface area contributed by atoms with Crippen LogP contribution < -0.4 is 4.74 Å². The fourth-order valence-corrected chi connectivity index (χ4v) is 6.45. The van der Waals surface area contributed by atoms with Gasteiger partial charge in [0.1, 0.15) is 17.4 Å². The smallest absolute Gasteiger partial charge is 0.409 e. The summed E-state index contributed by atoms with van der Waals surface area (Å²) in [5, 5.41) is 0.801. The van der Waals surface area contributed by atoms with Crippen molar-refractivity contribution in [3.05, 3.63) is 101 Å². The molecule has 1 unspecified atom stereocenters. The number of imidazole rings is 1. The minimum atomic E-state index is -0.652. The van der Waals surface area contributed by atoms with Crippen molar-refractivity contribution in [1.29, 1.82) is 0 Å². The van der Waals surface area contributed by atoms with E-state index >= 15 is 8.78 Å². The minimum absolute atomic E-state index is 0.0448. The van der Waals surface area contributed by atoms with Crippen molar-refractivity contribution < 1.29 is 32.6 Å². The lowest BCUT2D eigenvalue weighted by Crippen LogP contribution is -2.30. The predicted octanol–water partition coefficient (Wildman–Crippen LogP) is 8.23. The number of esters is 1. The number of H-pyrrole nitrogens is 2. The van der Waals surface area contributed by atoms with E-state index in [-0.39, 0.29) is 41.9 Å². The van der Waals surface area contributed by atoms with Gasteiger partial charge < -0.3 is 29.1 Å². The van der Waals surface area contributed by atoms with Crippen LogP contribution in [0.25, 0.3) is 22.3 Å². The van der Waals surface area contributed by atoms with E-state index in [1.165, 1.54) is 29.2 Å². The van der Waals surface area contributed by atoms with Crippen LogP contribution >= 0.6 is 0 Å². The first-order valence-corrected chi connectivity index (χ1v) is 16.6. The van der Waals surface area contributed by atoms with Gasteiger partial charge in [-0.1, -0.05) is 24.3 Å². The normalized spacial score (nSPS) is 17.3. The summed E-state index contributed by atoms with van der Waals surface area (Å²) in [6.07, 6.45) is 5.80. The molecule has 1 aliphatic heterocycles. The molecule has 0 saturated heterocycles. The largest absolute Gasteiger partial charge is 0.466 e. The summed E-state index contributed by atoms with van der Waals surface area (Å²) in [4.78, 5) is 37.5. The Balaban J connectivity index is 1.39. The lowest BCUT2D eigenvalue weighted by molar-refractivity contribution is -0.143. The zero-order chi connectivity index (χ0) is 34.5. The van der Waals surface area contributed by atoms with E-state index in [1.54, 1.807) is 26.4 Å². The predicted molar refractivity (Wildman–Crippen MR) is 182 cm³/mol. The number of hydrogen-bond acceptors (Lipinski definition) is 6. The number of ether oxygens (including phenoxy) is 3. The molecule has 1 amide bonds. The number of amides is 1. The fraction of sp³-hybridized carbons (Fsp3) is 0.342. The van der Waals surface area contributed by atoms with Crippen molar-refractivity contribution in [2.75, 3.05) is 26.8 Å². The van der Waals surface area contributed by atoms with E-state index in [2.05, 4.69) is 27.9 Å². The molecular formula is C38H40F2N4O5. The highest BCUT2D eigenvalue weighted by atomic mass is 19.1. The highest BCUT2D eigenvalue weighted by Crippen LogP contribution is 2.39. The molecule has 9 nitrogen and oxygen atoms in total. The average molecular weight is 671 g/mol. The molecule has 6 rings (SSSR count). The first kappa shape index (κ1) is 33.7. The molecule has 0 fully saturated rings. The van der Waals surface area contributed by atoms with Gasteiger partial charge in [0.2, 0.25) is 0 Å². The molecule has 2 aromatic heterocycles. The molecule has 1 atom stereocenters. The monoisotopic (exact) mass is 670 g/mol. The van der Waals surface area contributed by atoms with E-state index in [4.69, 9.17) is 14.2 Å². The third kappa shape index (κ3) is 7.30. The molecule has 0 aliphatic carbocycles. The lowest BCUT2D eigenvalue weighted by atomic mass is 9.75. The third-order valence-corrected chi connectivity index (χ3v) is 9.22. The number of fused-ring (bicyclic) bond motifs is 8. The number of halogens is 2. The summed E-state index contributed by atoms with van der Waals surface area (Å²) in [5.41, 5.74) is 3.44. The molecule has 256 valence electrons. The highest BCUT2D eigenvalue weighted by Gasteiger charge is 2.32. The van der Waals surface area contributed by atoms with Gasteiger partial charge in [0, 0.05) is 66.0 Å². The molecule has 5 aromatic rings. The second-order valence-corrected chi connectivity index (χ2v) is 12.6. The van der Waals surface area contributed by atoms with Crippen LogP contribution in [0.4, 0.5) is 13.6 Å². The van der Waals surface area contributed by atoms with Gasteiger partial charge in [0.25, 0.3) is 0 Å². The van der Waals surface area contributed by atoms with Gasteiger partial charge in [-0.2, -0.15) is 0 Å². The van der Waals surface area contributed by atoms with Gasteiger partial charge in [-0.05, 0) is 81.3 Å². The zero-order valence-corrected chi connectivity index (χ0v) is 27.9. The van der Waals surface area contributed by atoms with Gasteiger partial charge in [0.15, 0.2) is 11.6 Å². The van der Waals surface area contributed by atoms with Gasteiger partial charge in [-0.3, -0.25) is 4.79 Å². The van der Waals surface area contributed by atoms with Crippen LogP contribution in [0.2, 0.25) is 0 Å². The van der Waals surface area contributed by atoms with Gasteiger partial charge >= 0.3 is 12.1 Å². The van der Waals surface area contributed by atoms with Gasteiger partial charge in [-0.25, -0.2) is 18.6 Å². The van der Waals surface area contributed by atoms with E-state index in [9.17, 15) is 9.59 Å². The van der Waals surface area contributed by atoms with Crippen molar-refractivity contribution in [3.8, 4) is 22.9 Å². The van der Waals surface area contributed by atoms with Gasteiger partial charge in [0.05, 0.1) is 18.8 Å². The Kier molecular flexibility index (Phi) is 9.98. The van der Waals surface area contributed by atoms with E-state index in [0.29, 0.717) is 56.3 Å². The molecule has 2 N–H and O–H groups in total. The Morgan fingerprint density at radius 2 is 1.96 bits per heavy atom. The Bertz CT molecular complexity index is 1970. The first-order chi connectivity index (χ1) is 23.7. The fourth-order valence-electron chi connectivity index (χ4n) is 6.45. The van der Waals surface area contributed by atoms with Crippen molar-refractivity contribution in [2.45, 2.75) is 57.8 Å². The summed E-state index contributed by atoms with van der Waals surface area (Å²) in [6.45, 7) is 4.74. The molecule has 3 heterocycles. The first-order valence-electron chi connectivity index (χ1n) is 16.6. The van der Waals surface area contributed by atoms with Crippen LogP contribution in [0, 0.1) is 11.6 Å². The Morgan fingerprint density at radius 3 is 2.80 bits per heavy atom. The standard InChI is InChI=1S/C38H40F2N4O5/c1-4-47-34(45)14-11-24-8-5-9-25(20-24)38(2)16-7-19-48-37(46)44(3)18-6-10-28-27-15-17-41-32(27)22-31(40)35(28)49-26-12-13-30(39)29(21-26)36-42-23-33(38)43-36/h5,8-9,12-13,15,17,20-23,41H,4,6-7,10-11,14,16,18-19H2,1-3H3,(H,42,43). The number of aryl methyl sites for hydroxylation is 2. The summed E-state index contributed by atoms with van der Waals surface area (Å²) in [5.74, 6) is -0.749. The molecule has 3 aromatic carbocycles. The number of carbonyl (C=O) groups excluding carboxylic acids is 2. The van der Waals surface area contributed by atoms with Crippen LogP contribution in [0.1, 0.15) is 61.9 Å². The molecule has 0 saturated carbocycles. The highest BCUT2D eigenvalue weighted by molar-refractivity contribution is 5.85. The summed E-state index contributed by atoms with van der Waals surface area (Å²) >= 11 is 0. The van der Waals surface area contributed by atoms with Crippen molar-refractivity contribution in [1.82, 2.24) is 19.9 Å². The van der Waals surface area contributed by atoms with Crippen LogP contribution in [0.3, 0.4) is 0 Å². The number of nitrogens with one attached hydrogen (secondary N) is 2. The zero-order valence-electron chi connectivity index (χ0n) is 27.9. The molecule has 4 bridgehead atoms. The summed E-state index contributed by atoms with van der Waals surface area (Å²) in [6, 6.07) is 15.5. The second-order valence-electron chi connectivity index (χ2n) is 12.6. The minimum Gasteiger partial charge on any atom is -0.466 e. The second kappa shape index (κ2) is 14.5. The maximum atomic E-state index is 15.6. The van der Waals surface area contributed by atoms with Crippen LogP contribution in [-0.2, 0) is 32.5 Å². The number of hydrogen-bond donors (Lipinski definition) is 2. The quantitative estimate of drug-likeness (QED) is 0.182. The SMILES string of the molecule is CCOC(=O)CCc1cccc(C2(C)CCCOC(=O)N(C)CCCc3c(c(F)cc4[nH]ccc34)Oc3ccc(F)c(c3)-c3ncc2[nH]3)c1. The number of carbonyl (C=O) groups is 2. The van der Waals surface area contributed by atoms with Gasteiger partial charge in [-0.15, -0.1) is 0 Å². The van der Waals surface area contributed by atoms with Crippen molar-refractivity contribution in [3.63, 3.8) is 0 Å². The number of aromatic amines is 2. The van der Waals surface area contributed by atoms with E-state index in [1.807, 2.05) is 24.3 Å². The maximum Gasteiger partial charge on any atom is 0.409 e. The topological polar surface area (TPSA) is 110 Å². The molecule has 0 radical (unpaired) electrons. The number of aromatic nitrogens is 3. The molecule has 49 heavy (non-hydrogen) atoms. The molecular weight excluding hydrogens is 630 g/mol. The number of cyclic esters (lactones) is 1. The Morgan fingerprint density at radius 1 is 1.10 bits per heavy atom. The molecule has 0 spiro atoms. The average Bonchev–Trinajstić information content (AvgIpc) is 3.78.